The number of hydrogen-bond donors (Lipinski definition) is 11. The van der Waals surface area contributed by atoms with Crippen LogP contribution in [0.5, 0.6) is 0 Å². The molecular weight excluding hydrogens is 1060 g/mol. The Bertz CT molecular complexity index is 1660. The van der Waals surface area contributed by atoms with E-state index in [9.17, 15) is 65.4 Å². The number of unbranched alkanes of at least 4 members (excludes halogenated alkanes) is 16. The minimum atomic E-state index is -1.96. The highest BCUT2D eigenvalue weighted by molar-refractivity contribution is 5.78. The van der Waals surface area contributed by atoms with Crippen molar-refractivity contribution in [1.29, 1.82) is 0 Å². The summed E-state index contributed by atoms with van der Waals surface area (Å²) in [7, 11) is 6.38. The molecule has 3 fully saturated rings. The first-order chi connectivity index (χ1) is 38.8. The summed E-state index contributed by atoms with van der Waals surface area (Å²) in [6.07, 6.45) is -5.44. The van der Waals surface area contributed by atoms with Gasteiger partial charge in [0.2, 0.25) is 5.91 Å². The van der Waals surface area contributed by atoms with Crippen LogP contribution >= 0.6 is 0 Å². The number of nitrogens with zero attached hydrogens (tertiary/aromatic N) is 2. The van der Waals surface area contributed by atoms with E-state index in [2.05, 4.69) is 36.3 Å². The summed E-state index contributed by atoms with van der Waals surface area (Å²) in [4.78, 5) is 41.6. The van der Waals surface area contributed by atoms with Gasteiger partial charge < -0.3 is 99.3 Å². The minimum absolute atomic E-state index is 0.157. The molecule has 11 N–H and O–H groups in total. The Morgan fingerprint density at radius 1 is 0.519 bits per heavy atom. The third-order valence-electron chi connectivity index (χ3n) is 15.7. The zero-order valence-electron chi connectivity index (χ0n) is 49.6. The number of ketones is 1. The molecule has 2 unspecified atom stereocenters. The number of Topliss-reactive ketones (excluding diaryl/α,β-unsaturated/α-hetero) is 1. The maximum absolute atomic E-state index is 12.7. The summed E-state index contributed by atoms with van der Waals surface area (Å²) in [5, 5.41) is 111. The average molecular weight is 1170 g/mol. The molecule has 81 heavy (non-hydrogen) atoms. The lowest BCUT2D eigenvalue weighted by Crippen LogP contribution is -2.67. The predicted octanol–water partition coefficient (Wildman–Crippen LogP) is 2.09. The molecule has 476 valence electrons. The lowest BCUT2D eigenvalue weighted by molar-refractivity contribution is -0.396. The van der Waals surface area contributed by atoms with Crippen molar-refractivity contribution in [3.05, 3.63) is 0 Å². The van der Waals surface area contributed by atoms with E-state index in [1.54, 1.807) is 0 Å². The van der Waals surface area contributed by atoms with Crippen molar-refractivity contribution in [3.63, 3.8) is 0 Å². The number of aliphatic hydroxyl groups is 10. The van der Waals surface area contributed by atoms with Gasteiger partial charge in [-0.25, -0.2) is 0 Å². The molecule has 3 aliphatic heterocycles. The molecule has 0 bridgehead atoms. The Morgan fingerprint density at radius 3 is 1.52 bits per heavy atom. The lowest BCUT2D eigenvalue weighted by Gasteiger charge is -2.49. The third-order valence-corrected chi connectivity index (χ3v) is 15.7. The van der Waals surface area contributed by atoms with Crippen molar-refractivity contribution in [3.8, 4) is 0 Å². The number of esters is 1. The first kappa shape index (κ1) is 73.1. The predicted molar refractivity (Wildman–Crippen MR) is 299 cm³/mol. The van der Waals surface area contributed by atoms with Crippen molar-refractivity contribution < 1.29 is 98.6 Å². The summed E-state index contributed by atoms with van der Waals surface area (Å²) in [6.45, 7) is 4.93. The molecule has 17 atom stereocenters. The quantitative estimate of drug-likeness (QED) is 0.0307. The smallest absolute Gasteiger partial charge is 0.302 e. The Labute approximate surface area is 482 Å². The monoisotopic (exact) mass is 1170 g/mol. The highest BCUT2D eigenvalue weighted by atomic mass is 16.8. The van der Waals surface area contributed by atoms with Gasteiger partial charge in [-0.15, -0.1) is 0 Å². The summed E-state index contributed by atoms with van der Waals surface area (Å²) in [5.74, 6) is -0.328. The van der Waals surface area contributed by atoms with E-state index in [1.165, 1.54) is 38.5 Å². The molecule has 0 aromatic carbocycles. The van der Waals surface area contributed by atoms with Crippen LogP contribution in [0.3, 0.4) is 0 Å². The number of hydrogen-bond acceptors (Lipinski definition) is 22. The molecule has 3 aliphatic rings. The summed E-state index contributed by atoms with van der Waals surface area (Å²) in [5.41, 5.74) is 0. The van der Waals surface area contributed by atoms with Crippen LogP contribution in [0.25, 0.3) is 0 Å². The maximum atomic E-state index is 12.7. The van der Waals surface area contributed by atoms with Gasteiger partial charge in [0.25, 0.3) is 0 Å². The average Bonchev–Trinajstić information content (AvgIpc) is 3.55. The van der Waals surface area contributed by atoms with E-state index in [-0.39, 0.29) is 18.1 Å². The normalized spacial score (nSPS) is 29.7. The number of amides is 1. The topological polar surface area (TPSA) is 337 Å². The van der Waals surface area contributed by atoms with E-state index in [0.717, 1.165) is 117 Å². The van der Waals surface area contributed by atoms with Gasteiger partial charge >= 0.3 is 5.97 Å². The molecule has 0 saturated carbocycles. The first-order valence-electron chi connectivity index (χ1n) is 30.7. The molecule has 0 aromatic rings. The number of nitrogens with one attached hydrogen (secondary N) is 1. The standard InChI is InChI=1S/C58H109N3O20/c1-6-7-19-30-42(41(66)29-22-17-16-21-28-40(65)27-20-14-12-10-8-9-11-13-15-23-31-46(67)59-32-26-35-61(5)34-25-18-24-33-60(3)4)76-58-55(81-57-53(74)51(72)48(69)44(37-63)78-57)54(49(70)45(79-58)38-75-39(2)64)80-56-52(73)50(71)47(68)43(36-62)77-56/h41-45,47-58,62-63,66,68-74H,6-38H2,1-5H3,(H,59,67)/t41?,42?,43-,44+,45-,47+,48+,49+,50+,51-,52-,53+,54+,55-,56+,57-,58-/m1/s1. The zero-order valence-corrected chi connectivity index (χ0v) is 49.6. The highest BCUT2D eigenvalue weighted by Gasteiger charge is 2.55. The van der Waals surface area contributed by atoms with Gasteiger partial charge in [-0.1, -0.05) is 103 Å². The SMILES string of the molecule is CCCCCC(O[C@@H]1O[C@H](COC(C)=O)[C@H](O)[C@H](O[C@@H]2O[C@H](CO)[C@H](O)[C@H](O)[C@H]2O)[C@H]1O[C@H]1O[C@@H](CO)[C@H](O)[C@@H](O)[C@@H]1O)C(O)CCCCCCC(=O)CCCCCCCCCCCCC(=O)NCCCN(C)CCCCCN(C)C. The van der Waals surface area contributed by atoms with Crippen LogP contribution < -0.4 is 5.32 Å². The Kier molecular flexibility index (Phi) is 37.8. The summed E-state index contributed by atoms with van der Waals surface area (Å²) >= 11 is 0. The molecule has 0 aromatic heterocycles. The molecule has 0 aliphatic carbocycles. The minimum Gasteiger partial charge on any atom is -0.463 e. The Hall–Kier alpha value is -2.11. The maximum Gasteiger partial charge on any atom is 0.302 e. The molecule has 0 radical (unpaired) electrons. The molecule has 23 nitrogen and oxygen atoms in total. The molecule has 3 saturated heterocycles. The van der Waals surface area contributed by atoms with E-state index >= 15 is 0 Å². The van der Waals surface area contributed by atoms with Gasteiger partial charge in [0.05, 0.1) is 25.4 Å². The molecule has 0 spiro atoms. The van der Waals surface area contributed by atoms with Gasteiger partial charge in [-0.05, 0) is 92.1 Å². The van der Waals surface area contributed by atoms with Gasteiger partial charge in [0, 0.05) is 32.7 Å². The molecule has 3 heterocycles. The third kappa shape index (κ3) is 27.9. The lowest BCUT2D eigenvalue weighted by atomic mass is 9.95. The van der Waals surface area contributed by atoms with E-state index in [4.69, 9.17) is 33.2 Å². The van der Waals surface area contributed by atoms with E-state index < -0.39 is 130 Å². The van der Waals surface area contributed by atoms with Gasteiger partial charge in [0.1, 0.15) is 85.6 Å². The largest absolute Gasteiger partial charge is 0.463 e. The van der Waals surface area contributed by atoms with E-state index in [0.29, 0.717) is 38.5 Å². The Balaban J connectivity index is 1.44. The fourth-order valence-electron chi connectivity index (χ4n) is 10.6. The summed E-state index contributed by atoms with van der Waals surface area (Å²) < 4.78 is 41.4. The van der Waals surface area contributed by atoms with Crippen molar-refractivity contribution in [2.75, 3.05) is 67.1 Å². The Morgan fingerprint density at radius 2 is 0.988 bits per heavy atom. The van der Waals surface area contributed by atoms with Crippen LogP contribution in [0.1, 0.15) is 181 Å². The van der Waals surface area contributed by atoms with Crippen LogP contribution in [0.15, 0.2) is 0 Å². The number of carbonyl (C=O) groups excluding carboxylic acids is 3. The fraction of sp³-hybridized carbons (Fsp3) is 0.948. The van der Waals surface area contributed by atoms with Crippen molar-refractivity contribution in [2.24, 2.45) is 0 Å². The summed E-state index contributed by atoms with van der Waals surface area (Å²) in [6, 6.07) is 0. The number of carbonyl (C=O) groups is 3. The van der Waals surface area contributed by atoms with Crippen molar-refractivity contribution >= 4 is 17.7 Å². The van der Waals surface area contributed by atoms with Crippen LogP contribution in [0.2, 0.25) is 0 Å². The second-order valence-electron chi connectivity index (χ2n) is 23.1. The van der Waals surface area contributed by atoms with Crippen LogP contribution in [0, 0.1) is 0 Å². The number of ether oxygens (including phenoxy) is 7. The number of aliphatic hydroxyl groups excluding tert-OH is 10. The zero-order chi connectivity index (χ0) is 59.7. The van der Waals surface area contributed by atoms with Gasteiger partial charge in [0.15, 0.2) is 18.9 Å². The molecule has 23 heteroatoms. The van der Waals surface area contributed by atoms with Gasteiger partial charge in [-0.2, -0.15) is 0 Å². The van der Waals surface area contributed by atoms with Crippen LogP contribution in [-0.2, 0) is 47.5 Å². The van der Waals surface area contributed by atoms with Crippen LogP contribution in [-0.4, -0.2) is 250 Å². The van der Waals surface area contributed by atoms with Crippen LogP contribution in [0.4, 0.5) is 0 Å². The van der Waals surface area contributed by atoms with E-state index in [1.807, 2.05) is 6.92 Å². The molecular formula is C58H109N3O20. The second kappa shape index (κ2) is 41.9. The molecule has 3 rings (SSSR count). The molecule has 1 amide bonds. The highest BCUT2D eigenvalue weighted by Crippen LogP contribution is 2.35. The first-order valence-corrected chi connectivity index (χ1v) is 30.7. The van der Waals surface area contributed by atoms with Crippen molar-refractivity contribution in [1.82, 2.24) is 15.1 Å². The fourth-order valence-corrected chi connectivity index (χ4v) is 10.6. The second-order valence-corrected chi connectivity index (χ2v) is 23.1. The van der Waals surface area contributed by atoms with Crippen molar-refractivity contribution in [2.45, 2.75) is 285 Å². The number of rotatable bonds is 45. The van der Waals surface area contributed by atoms with Gasteiger partial charge in [-0.3, -0.25) is 14.4 Å².